The second-order valence-electron chi connectivity index (χ2n) is 9.89. The van der Waals surface area contributed by atoms with E-state index >= 15 is 0 Å². The first-order chi connectivity index (χ1) is 18.1. The first kappa shape index (κ1) is 26.5. The van der Waals surface area contributed by atoms with Gasteiger partial charge in [0.25, 0.3) is 0 Å². The van der Waals surface area contributed by atoms with Crippen LogP contribution in [0, 0.1) is 0 Å². The number of nitrogens with one attached hydrogen (secondary N) is 1. The normalized spacial score (nSPS) is 11.2. The Morgan fingerprint density at radius 2 is 1.65 bits per heavy atom. The SMILES string of the molecule is CC(C)c1ccc(OCCn2c(CCCCCNC(=O)CCc3ccccc3)nc3ccccc32)cc1. The van der Waals surface area contributed by atoms with Crippen LogP contribution < -0.4 is 10.1 Å². The van der Waals surface area contributed by atoms with E-state index in [2.05, 4.69) is 78.3 Å². The lowest BCUT2D eigenvalue weighted by Gasteiger charge is -2.12. The first-order valence-corrected chi connectivity index (χ1v) is 13.6. The molecule has 1 heterocycles. The zero-order valence-corrected chi connectivity index (χ0v) is 22.2. The molecule has 0 atom stereocenters. The number of hydrogen-bond donors (Lipinski definition) is 1. The Labute approximate surface area is 220 Å². The van der Waals surface area contributed by atoms with Crippen molar-refractivity contribution in [3.63, 3.8) is 0 Å². The van der Waals surface area contributed by atoms with Gasteiger partial charge in [0.05, 0.1) is 17.6 Å². The molecule has 3 aromatic carbocycles. The minimum atomic E-state index is 0.129. The van der Waals surface area contributed by atoms with Gasteiger partial charge in [-0.1, -0.05) is 74.9 Å². The molecule has 0 bridgehead atoms. The average molecular weight is 498 g/mol. The second kappa shape index (κ2) is 13.6. The molecular formula is C32H39N3O2. The van der Waals surface area contributed by atoms with E-state index in [-0.39, 0.29) is 5.91 Å². The number of nitrogens with zero attached hydrogens (tertiary/aromatic N) is 2. The van der Waals surface area contributed by atoms with Gasteiger partial charge in [0, 0.05) is 19.4 Å². The molecular weight excluding hydrogens is 458 g/mol. The number of carbonyl (C=O) groups excluding carboxylic acids is 1. The van der Waals surface area contributed by atoms with Crippen molar-refractivity contribution in [2.24, 2.45) is 0 Å². The van der Waals surface area contributed by atoms with Crippen LogP contribution in [0.4, 0.5) is 0 Å². The van der Waals surface area contributed by atoms with Gasteiger partial charge in [-0.2, -0.15) is 0 Å². The van der Waals surface area contributed by atoms with E-state index in [1.54, 1.807) is 0 Å². The second-order valence-corrected chi connectivity index (χ2v) is 9.89. The Morgan fingerprint density at radius 1 is 0.892 bits per heavy atom. The largest absolute Gasteiger partial charge is 0.492 e. The van der Waals surface area contributed by atoms with Crippen LogP contribution in [-0.2, 0) is 24.2 Å². The van der Waals surface area contributed by atoms with Crippen LogP contribution in [-0.4, -0.2) is 28.6 Å². The lowest BCUT2D eigenvalue weighted by atomic mass is 10.0. The molecule has 4 aromatic rings. The Balaban J connectivity index is 1.21. The van der Waals surface area contributed by atoms with Gasteiger partial charge in [0.2, 0.25) is 5.91 Å². The summed E-state index contributed by atoms with van der Waals surface area (Å²) in [4.78, 5) is 17.0. The van der Waals surface area contributed by atoms with E-state index in [0.717, 1.165) is 67.8 Å². The van der Waals surface area contributed by atoms with Crippen LogP contribution >= 0.6 is 0 Å². The molecule has 0 aliphatic carbocycles. The number of unbranched alkanes of at least 4 members (excludes halogenated alkanes) is 2. The number of aromatic nitrogens is 2. The quantitative estimate of drug-likeness (QED) is 0.197. The number of aryl methyl sites for hydroxylation is 2. The molecule has 0 radical (unpaired) electrons. The van der Waals surface area contributed by atoms with Crippen LogP contribution in [0.15, 0.2) is 78.9 Å². The predicted molar refractivity (Wildman–Crippen MR) is 151 cm³/mol. The minimum Gasteiger partial charge on any atom is -0.492 e. The third-order valence-electron chi connectivity index (χ3n) is 6.75. The summed E-state index contributed by atoms with van der Waals surface area (Å²) in [5.41, 5.74) is 4.71. The van der Waals surface area contributed by atoms with Crippen molar-refractivity contribution in [2.45, 2.75) is 64.8 Å². The number of benzene rings is 3. The summed E-state index contributed by atoms with van der Waals surface area (Å²) in [5.74, 6) is 2.65. The molecule has 0 fully saturated rings. The predicted octanol–water partition coefficient (Wildman–Crippen LogP) is 6.70. The molecule has 1 amide bonds. The van der Waals surface area contributed by atoms with Crippen LogP contribution in [0.3, 0.4) is 0 Å². The zero-order valence-electron chi connectivity index (χ0n) is 22.2. The molecule has 194 valence electrons. The van der Waals surface area contributed by atoms with Gasteiger partial charge >= 0.3 is 0 Å². The smallest absolute Gasteiger partial charge is 0.220 e. The third-order valence-corrected chi connectivity index (χ3v) is 6.75. The lowest BCUT2D eigenvalue weighted by molar-refractivity contribution is -0.121. The van der Waals surface area contributed by atoms with Crippen molar-refractivity contribution in [2.75, 3.05) is 13.2 Å². The number of para-hydroxylation sites is 2. The van der Waals surface area contributed by atoms with Gasteiger partial charge in [0.15, 0.2) is 0 Å². The maximum Gasteiger partial charge on any atom is 0.220 e. The number of hydrogen-bond acceptors (Lipinski definition) is 3. The van der Waals surface area contributed by atoms with Gasteiger partial charge in [0.1, 0.15) is 18.2 Å². The van der Waals surface area contributed by atoms with Gasteiger partial charge in [-0.25, -0.2) is 4.98 Å². The van der Waals surface area contributed by atoms with Gasteiger partial charge in [-0.15, -0.1) is 0 Å². The maximum absolute atomic E-state index is 12.1. The standard InChI is InChI=1S/C32H39N3O2/c1-25(2)27-17-19-28(20-18-27)37-24-23-35-30-14-9-8-13-29(30)34-31(35)15-7-4-10-22-33-32(36)21-16-26-11-5-3-6-12-26/h3,5-6,8-9,11-14,17-20,25H,4,7,10,15-16,21-24H2,1-2H3,(H,33,36). The average Bonchev–Trinajstić information content (AvgIpc) is 3.27. The summed E-state index contributed by atoms with van der Waals surface area (Å²) in [7, 11) is 0. The van der Waals surface area contributed by atoms with Crippen LogP contribution in [0.2, 0.25) is 0 Å². The molecule has 5 heteroatoms. The summed E-state index contributed by atoms with van der Waals surface area (Å²) in [6, 6.07) is 26.9. The van der Waals surface area contributed by atoms with Crippen molar-refractivity contribution in [1.29, 1.82) is 0 Å². The summed E-state index contributed by atoms with van der Waals surface area (Å²) in [5, 5.41) is 3.06. The lowest BCUT2D eigenvalue weighted by Crippen LogP contribution is -2.24. The van der Waals surface area contributed by atoms with Gasteiger partial charge in [-0.3, -0.25) is 4.79 Å². The van der Waals surface area contributed by atoms with Crippen molar-refractivity contribution in [3.8, 4) is 5.75 Å². The Kier molecular flexibility index (Phi) is 9.75. The fourth-order valence-corrected chi connectivity index (χ4v) is 4.57. The number of amides is 1. The molecule has 0 aliphatic rings. The number of rotatable bonds is 14. The van der Waals surface area contributed by atoms with Gasteiger partial charge in [-0.05, 0) is 60.6 Å². The molecule has 0 spiro atoms. The number of ether oxygens (including phenoxy) is 1. The van der Waals surface area contributed by atoms with Crippen LogP contribution in [0.25, 0.3) is 11.0 Å². The van der Waals surface area contributed by atoms with E-state index in [0.29, 0.717) is 18.9 Å². The molecule has 0 saturated carbocycles. The monoisotopic (exact) mass is 497 g/mol. The minimum absolute atomic E-state index is 0.129. The Morgan fingerprint density at radius 3 is 2.43 bits per heavy atom. The van der Waals surface area contributed by atoms with Crippen molar-refractivity contribution < 1.29 is 9.53 Å². The molecule has 1 aromatic heterocycles. The topological polar surface area (TPSA) is 56.1 Å². The van der Waals surface area contributed by atoms with E-state index in [1.165, 1.54) is 11.1 Å². The van der Waals surface area contributed by atoms with Crippen LogP contribution in [0.5, 0.6) is 5.75 Å². The third kappa shape index (κ3) is 7.94. The molecule has 0 aliphatic heterocycles. The highest BCUT2D eigenvalue weighted by Gasteiger charge is 2.11. The first-order valence-electron chi connectivity index (χ1n) is 13.6. The van der Waals surface area contributed by atoms with Crippen molar-refractivity contribution >= 4 is 16.9 Å². The van der Waals surface area contributed by atoms with Crippen LogP contribution in [0.1, 0.15) is 62.4 Å². The fourth-order valence-electron chi connectivity index (χ4n) is 4.57. The summed E-state index contributed by atoms with van der Waals surface area (Å²) >= 11 is 0. The fraction of sp³-hybridized carbons (Fsp3) is 0.375. The molecule has 5 nitrogen and oxygen atoms in total. The van der Waals surface area contributed by atoms with E-state index < -0.39 is 0 Å². The molecule has 0 saturated heterocycles. The highest BCUT2D eigenvalue weighted by Crippen LogP contribution is 2.20. The molecule has 37 heavy (non-hydrogen) atoms. The number of fused-ring (bicyclic) bond motifs is 1. The van der Waals surface area contributed by atoms with Crippen molar-refractivity contribution in [1.82, 2.24) is 14.9 Å². The summed E-state index contributed by atoms with van der Waals surface area (Å²) in [6.07, 6.45) is 5.32. The highest BCUT2D eigenvalue weighted by atomic mass is 16.5. The summed E-state index contributed by atoms with van der Waals surface area (Å²) < 4.78 is 8.35. The molecule has 0 unspecified atom stereocenters. The van der Waals surface area contributed by atoms with Gasteiger partial charge < -0.3 is 14.6 Å². The Hall–Kier alpha value is -3.60. The Bertz CT molecular complexity index is 1250. The molecule has 4 rings (SSSR count). The maximum atomic E-state index is 12.1. The summed E-state index contributed by atoms with van der Waals surface area (Å²) in [6.45, 7) is 6.49. The van der Waals surface area contributed by atoms with E-state index in [4.69, 9.17) is 9.72 Å². The van der Waals surface area contributed by atoms with Crippen molar-refractivity contribution in [3.05, 3.63) is 95.8 Å². The number of imidazole rings is 1. The number of carbonyl (C=O) groups is 1. The molecule has 1 N–H and O–H groups in total. The zero-order chi connectivity index (χ0) is 25.9. The van der Waals surface area contributed by atoms with E-state index in [9.17, 15) is 4.79 Å². The highest BCUT2D eigenvalue weighted by molar-refractivity contribution is 5.76. The van der Waals surface area contributed by atoms with E-state index in [1.807, 2.05) is 24.3 Å².